The van der Waals surface area contributed by atoms with Crippen LogP contribution in [0.3, 0.4) is 0 Å². The molecule has 0 heterocycles. The van der Waals surface area contributed by atoms with E-state index in [1.165, 1.54) is 27.8 Å². The van der Waals surface area contributed by atoms with E-state index in [1.54, 1.807) is 0 Å². The maximum Gasteiger partial charge on any atom is 0.0230 e. The molecule has 0 aliphatic heterocycles. The summed E-state index contributed by atoms with van der Waals surface area (Å²) in [6, 6.07) is 17.1. The van der Waals surface area contributed by atoms with Crippen LogP contribution in [-0.4, -0.2) is 6.04 Å². The SMILES string of the molecule is CCC(N)C=C1c2ccccc2C=Cc2ccccc21. The standard InChI is InChI=1S/C19H19N/c1-2-16(20)13-19-17-9-5-3-7-14(17)11-12-15-8-4-6-10-18(15)19/h3-13,16H,2,20H2,1H3. The molecule has 0 radical (unpaired) electrons. The summed E-state index contributed by atoms with van der Waals surface area (Å²) in [5.41, 5.74) is 12.4. The third kappa shape index (κ3) is 2.33. The van der Waals surface area contributed by atoms with Gasteiger partial charge in [0.25, 0.3) is 0 Å². The third-order valence-corrected chi connectivity index (χ3v) is 3.80. The molecule has 0 bridgehead atoms. The van der Waals surface area contributed by atoms with Gasteiger partial charge in [-0.25, -0.2) is 0 Å². The molecule has 1 heteroatoms. The summed E-state index contributed by atoms with van der Waals surface area (Å²) in [5, 5.41) is 0. The maximum absolute atomic E-state index is 6.17. The number of hydrogen-bond acceptors (Lipinski definition) is 1. The molecule has 100 valence electrons. The van der Waals surface area contributed by atoms with E-state index in [4.69, 9.17) is 5.73 Å². The van der Waals surface area contributed by atoms with Crippen LogP contribution >= 0.6 is 0 Å². The van der Waals surface area contributed by atoms with Crippen molar-refractivity contribution in [3.8, 4) is 0 Å². The first-order valence-electron chi connectivity index (χ1n) is 7.14. The molecule has 0 amide bonds. The Morgan fingerprint density at radius 1 is 0.900 bits per heavy atom. The number of hydrogen-bond donors (Lipinski definition) is 1. The number of rotatable bonds is 2. The molecule has 0 aromatic heterocycles. The first-order chi connectivity index (χ1) is 9.79. The van der Waals surface area contributed by atoms with Gasteiger partial charge in [0.1, 0.15) is 0 Å². The van der Waals surface area contributed by atoms with Gasteiger partial charge in [0, 0.05) is 6.04 Å². The Bertz CT molecular complexity index is 628. The van der Waals surface area contributed by atoms with Gasteiger partial charge < -0.3 is 5.73 Å². The van der Waals surface area contributed by atoms with Crippen LogP contribution in [0.2, 0.25) is 0 Å². The molecule has 1 aliphatic rings. The number of nitrogens with two attached hydrogens (primary N) is 1. The maximum atomic E-state index is 6.17. The van der Waals surface area contributed by atoms with Crippen molar-refractivity contribution >= 4 is 17.7 Å². The van der Waals surface area contributed by atoms with Gasteiger partial charge in [-0.1, -0.05) is 73.7 Å². The molecule has 1 atom stereocenters. The topological polar surface area (TPSA) is 26.0 Å². The van der Waals surface area contributed by atoms with E-state index in [0.717, 1.165) is 6.42 Å². The summed E-state index contributed by atoms with van der Waals surface area (Å²) in [6.07, 6.45) is 7.52. The van der Waals surface area contributed by atoms with Gasteiger partial charge >= 0.3 is 0 Å². The van der Waals surface area contributed by atoms with E-state index in [2.05, 4.69) is 73.7 Å². The molecule has 0 fully saturated rings. The van der Waals surface area contributed by atoms with Crippen molar-refractivity contribution in [2.24, 2.45) is 5.73 Å². The molecule has 1 nitrogen and oxygen atoms in total. The minimum Gasteiger partial charge on any atom is -0.324 e. The molecular formula is C19H19N. The van der Waals surface area contributed by atoms with Gasteiger partial charge in [-0.2, -0.15) is 0 Å². The lowest BCUT2D eigenvalue weighted by Gasteiger charge is -2.14. The summed E-state index contributed by atoms with van der Waals surface area (Å²) >= 11 is 0. The van der Waals surface area contributed by atoms with Crippen LogP contribution in [0.4, 0.5) is 0 Å². The highest BCUT2D eigenvalue weighted by molar-refractivity contribution is 5.93. The van der Waals surface area contributed by atoms with Crippen LogP contribution in [0.5, 0.6) is 0 Å². The first-order valence-corrected chi connectivity index (χ1v) is 7.14. The molecule has 0 spiro atoms. The molecule has 3 rings (SSSR count). The van der Waals surface area contributed by atoms with Gasteiger partial charge in [-0.05, 0) is 34.2 Å². The second kappa shape index (κ2) is 5.48. The lowest BCUT2D eigenvalue weighted by molar-refractivity contribution is 0.784. The van der Waals surface area contributed by atoms with Crippen molar-refractivity contribution in [3.05, 3.63) is 76.9 Å². The van der Waals surface area contributed by atoms with Crippen LogP contribution < -0.4 is 5.73 Å². The summed E-state index contributed by atoms with van der Waals surface area (Å²) in [4.78, 5) is 0. The summed E-state index contributed by atoms with van der Waals surface area (Å²) in [5.74, 6) is 0. The monoisotopic (exact) mass is 261 g/mol. The summed E-state index contributed by atoms with van der Waals surface area (Å²) in [6.45, 7) is 2.12. The van der Waals surface area contributed by atoms with E-state index in [0.29, 0.717) is 0 Å². The second-order valence-electron chi connectivity index (χ2n) is 5.16. The normalized spacial score (nSPS) is 14.2. The van der Waals surface area contributed by atoms with Gasteiger partial charge in [-0.15, -0.1) is 0 Å². The highest BCUT2D eigenvalue weighted by Crippen LogP contribution is 2.33. The minimum absolute atomic E-state index is 0.0872. The fraction of sp³-hybridized carbons (Fsp3) is 0.158. The largest absolute Gasteiger partial charge is 0.324 e. The van der Waals surface area contributed by atoms with E-state index in [9.17, 15) is 0 Å². The lowest BCUT2D eigenvalue weighted by Crippen LogP contribution is -2.16. The summed E-state index contributed by atoms with van der Waals surface area (Å²) < 4.78 is 0. The van der Waals surface area contributed by atoms with Gasteiger partial charge in [-0.3, -0.25) is 0 Å². The van der Waals surface area contributed by atoms with Gasteiger partial charge in [0.15, 0.2) is 0 Å². The van der Waals surface area contributed by atoms with Crippen LogP contribution in [0.1, 0.15) is 35.6 Å². The second-order valence-corrected chi connectivity index (χ2v) is 5.16. The van der Waals surface area contributed by atoms with Crippen molar-refractivity contribution in [2.75, 3.05) is 0 Å². The molecular weight excluding hydrogens is 242 g/mol. The fourth-order valence-electron chi connectivity index (χ4n) is 2.61. The highest BCUT2D eigenvalue weighted by atomic mass is 14.6. The third-order valence-electron chi connectivity index (χ3n) is 3.80. The summed E-state index contributed by atoms with van der Waals surface area (Å²) in [7, 11) is 0. The van der Waals surface area contributed by atoms with Crippen molar-refractivity contribution in [1.82, 2.24) is 0 Å². The first kappa shape index (κ1) is 12.9. The Kier molecular flexibility index (Phi) is 3.53. The van der Waals surface area contributed by atoms with Crippen molar-refractivity contribution in [2.45, 2.75) is 19.4 Å². The van der Waals surface area contributed by atoms with E-state index < -0.39 is 0 Å². The Hall–Kier alpha value is -2.12. The molecule has 2 aromatic carbocycles. The zero-order chi connectivity index (χ0) is 13.9. The molecule has 2 aromatic rings. The van der Waals surface area contributed by atoms with Crippen LogP contribution in [0.15, 0.2) is 54.6 Å². The van der Waals surface area contributed by atoms with Crippen molar-refractivity contribution in [3.63, 3.8) is 0 Å². The van der Waals surface area contributed by atoms with Crippen molar-refractivity contribution in [1.29, 1.82) is 0 Å². The molecule has 1 aliphatic carbocycles. The Labute approximate surface area is 120 Å². The van der Waals surface area contributed by atoms with E-state index in [1.807, 2.05) is 0 Å². The van der Waals surface area contributed by atoms with Gasteiger partial charge in [0.2, 0.25) is 0 Å². The van der Waals surface area contributed by atoms with Crippen LogP contribution in [0.25, 0.3) is 17.7 Å². The van der Waals surface area contributed by atoms with Gasteiger partial charge in [0.05, 0.1) is 0 Å². The Balaban J connectivity index is 2.26. The lowest BCUT2D eigenvalue weighted by atomic mass is 9.92. The Morgan fingerprint density at radius 2 is 1.40 bits per heavy atom. The van der Waals surface area contributed by atoms with E-state index >= 15 is 0 Å². The number of benzene rings is 2. The van der Waals surface area contributed by atoms with Crippen LogP contribution in [-0.2, 0) is 0 Å². The molecule has 2 N–H and O–H groups in total. The van der Waals surface area contributed by atoms with E-state index in [-0.39, 0.29) is 6.04 Å². The molecule has 0 saturated heterocycles. The fourth-order valence-corrected chi connectivity index (χ4v) is 2.61. The smallest absolute Gasteiger partial charge is 0.0230 e. The quantitative estimate of drug-likeness (QED) is 0.729. The molecule has 20 heavy (non-hydrogen) atoms. The zero-order valence-electron chi connectivity index (χ0n) is 11.7. The minimum atomic E-state index is 0.0872. The predicted molar refractivity (Wildman–Crippen MR) is 87.2 cm³/mol. The van der Waals surface area contributed by atoms with Crippen molar-refractivity contribution < 1.29 is 0 Å². The number of fused-ring (bicyclic) bond motifs is 2. The molecule has 0 saturated carbocycles. The predicted octanol–water partition coefficient (Wildman–Crippen LogP) is 4.34. The molecule has 1 unspecified atom stereocenters. The average Bonchev–Trinajstić information content (AvgIpc) is 2.65. The highest BCUT2D eigenvalue weighted by Gasteiger charge is 2.14. The Morgan fingerprint density at radius 3 is 1.90 bits per heavy atom. The zero-order valence-corrected chi connectivity index (χ0v) is 11.7. The average molecular weight is 261 g/mol. The van der Waals surface area contributed by atoms with Crippen LogP contribution in [0, 0.1) is 0 Å².